The smallest absolute Gasteiger partial charge is 0.0235 e. The SMILES string of the molecule is C/C=C\C.c1ccc(CCCCCCCCc2ccc3c(c2)CC3)cc1. The van der Waals surface area contributed by atoms with Gasteiger partial charge in [0.2, 0.25) is 0 Å². The van der Waals surface area contributed by atoms with Crippen molar-refractivity contribution in [1.29, 1.82) is 0 Å². The number of aryl methyl sites for hydroxylation is 4. The minimum Gasteiger partial charge on any atom is -0.0919 e. The Morgan fingerprint density at radius 2 is 1.19 bits per heavy atom. The van der Waals surface area contributed by atoms with Crippen molar-refractivity contribution in [3.63, 3.8) is 0 Å². The molecule has 0 aliphatic heterocycles. The van der Waals surface area contributed by atoms with E-state index in [0.717, 1.165) is 0 Å². The van der Waals surface area contributed by atoms with Crippen molar-refractivity contribution in [3.05, 3.63) is 82.9 Å². The molecule has 0 amide bonds. The summed E-state index contributed by atoms with van der Waals surface area (Å²) in [7, 11) is 0. The quantitative estimate of drug-likeness (QED) is 0.325. The molecule has 0 spiro atoms. The molecule has 0 heterocycles. The van der Waals surface area contributed by atoms with Gasteiger partial charge in [-0.25, -0.2) is 0 Å². The maximum atomic E-state index is 2.44. The Morgan fingerprint density at radius 1 is 0.615 bits per heavy atom. The summed E-state index contributed by atoms with van der Waals surface area (Å²) in [6.07, 6.45) is 17.4. The lowest BCUT2D eigenvalue weighted by atomic mass is 9.86. The van der Waals surface area contributed by atoms with Gasteiger partial charge in [0.1, 0.15) is 0 Å². The summed E-state index contributed by atoms with van der Waals surface area (Å²) in [6.45, 7) is 4.00. The van der Waals surface area contributed by atoms with Crippen LogP contribution in [-0.4, -0.2) is 0 Å². The Kier molecular flexibility index (Phi) is 9.87. The molecule has 2 aromatic carbocycles. The van der Waals surface area contributed by atoms with Crippen molar-refractivity contribution in [2.75, 3.05) is 0 Å². The van der Waals surface area contributed by atoms with Crippen molar-refractivity contribution >= 4 is 0 Å². The molecule has 0 saturated carbocycles. The molecule has 1 aliphatic carbocycles. The van der Waals surface area contributed by atoms with Gasteiger partial charge in [0.25, 0.3) is 0 Å². The number of benzene rings is 2. The molecule has 1 aliphatic rings. The van der Waals surface area contributed by atoms with E-state index in [-0.39, 0.29) is 0 Å². The third-order valence-electron chi connectivity index (χ3n) is 5.29. The molecule has 0 unspecified atom stereocenters. The van der Waals surface area contributed by atoms with E-state index in [1.807, 2.05) is 26.0 Å². The van der Waals surface area contributed by atoms with Gasteiger partial charge >= 0.3 is 0 Å². The van der Waals surface area contributed by atoms with Gasteiger partial charge in [-0.1, -0.05) is 86.4 Å². The number of fused-ring (bicyclic) bond motifs is 1. The third-order valence-corrected chi connectivity index (χ3v) is 5.29. The molecule has 0 N–H and O–H groups in total. The van der Waals surface area contributed by atoms with Gasteiger partial charge in [-0.15, -0.1) is 0 Å². The first kappa shape index (κ1) is 20.5. The van der Waals surface area contributed by atoms with Crippen LogP contribution in [0, 0.1) is 0 Å². The molecule has 0 saturated heterocycles. The van der Waals surface area contributed by atoms with Crippen LogP contribution in [0.1, 0.15) is 74.6 Å². The Bertz CT molecular complexity index is 632. The minimum absolute atomic E-state index is 1.25. The number of rotatable bonds is 9. The molecule has 0 aromatic heterocycles. The maximum Gasteiger partial charge on any atom is -0.0235 e. The minimum atomic E-state index is 1.25. The monoisotopic (exact) mass is 348 g/mol. The third kappa shape index (κ3) is 7.60. The average molecular weight is 349 g/mol. The number of hydrogen-bond acceptors (Lipinski definition) is 0. The maximum absolute atomic E-state index is 2.44. The lowest BCUT2D eigenvalue weighted by molar-refractivity contribution is 0.593. The Hall–Kier alpha value is -1.82. The first-order valence-corrected chi connectivity index (χ1v) is 10.6. The van der Waals surface area contributed by atoms with Crippen LogP contribution < -0.4 is 0 Å². The summed E-state index contributed by atoms with van der Waals surface area (Å²) in [5, 5.41) is 0. The summed E-state index contributed by atoms with van der Waals surface area (Å²) in [4.78, 5) is 0. The van der Waals surface area contributed by atoms with E-state index in [4.69, 9.17) is 0 Å². The summed E-state index contributed by atoms with van der Waals surface area (Å²) in [5.74, 6) is 0. The van der Waals surface area contributed by atoms with Crippen LogP contribution in [0.3, 0.4) is 0 Å². The Labute approximate surface area is 161 Å². The molecule has 3 rings (SSSR count). The van der Waals surface area contributed by atoms with Crippen LogP contribution in [0.4, 0.5) is 0 Å². The second-order valence-electron chi connectivity index (χ2n) is 7.38. The zero-order chi connectivity index (χ0) is 18.5. The Balaban J connectivity index is 0.000000552. The van der Waals surface area contributed by atoms with E-state index < -0.39 is 0 Å². The topological polar surface area (TPSA) is 0 Å². The fourth-order valence-corrected chi connectivity index (χ4v) is 3.41. The standard InChI is InChI=1S/C22H28.C4H8/c1(3-6-10-19-11-8-5-9-12-19)2-4-7-13-20-14-15-21-16-17-22(21)18-20;1-3-4-2/h5,8-9,11-12,14-15,18H,1-4,6-7,10,13,16-17H2;3-4H,1-2H3/b;4-3-. The zero-order valence-electron chi connectivity index (χ0n) is 16.8. The normalized spacial score (nSPS) is 12.2. The van der Waals surface area contributed by atoms with Crippen molar-refractivity contribution < 1.29 is 0 Å². The first-order valence-electron chi connectivity index (χ1n) is 10.6. The van der Waals surface area contributed by atoms with Gasteiger partial charge in [0, 0.05) is 0 Å². The van der Waals surface area contributed by atoms with E-state index in [2.05, 4.69) is 48.5 Å². The number of unbranched alkanes of at least 4 members (excludes halogenated alkanes) is 5. The molecular weight excluding hydrogens is 312 g/mol. The molecule has 2 aromatic rings. The summed E-state index contributed by atoms with van der Waals surface area (Å²) in [6, 6.07) is 18.0. The molecule has 0 atom stereocenters. The highest BCUT2D eigenvalue weighted by molar-refractivity contribution is 5.38. The molecular formula is C26H36. The van der Waals surface area contributed by atoms with Crippen LogP contribution in [0.2, 0.25) is 0 Å². The zero-order valence-corrected chi connectivity index (χ0v) is 16.8. The molecule has 0 nitrogen and oxygen atoms in total. The largest absolute Gasteiger partial charge is 0.0919 e. The van der Waals surface area contributed by atoms with E-state index >= 15 is 0 Å². The van der Waals surface area contributed by atoms with E-state index in [1.165, 1.54) is 69.8 Å². The van der Waals surface area contributed by atoms with Gasteiger partial charge in [-0.2, -0.15) is 0 Å². The lowest BCUT2D eigenvalue weighted by Gasteiger charge is -2.19. The van der Waals surface area contributed by atoms with Gasteiger partial charge < -0.3 is 0 Å². The van der Waals surface area contributed by atoms with Crippen molar-refractivity contribution in [2.45, 2.75) is 78.1 Å². The summed E-state index contributed by atoms with van der Waals surface area (Å²) in [5.41, 5.74) is 6.24. The predicted molar refractivity (Wildman–Crippen MR) is 116 cm³/mol. The van der Waals surface area contributed by atoms with Crippen molar-refractivity contribution in [3.8, 4) is 0 Å². The van der Waals surface area contributed by atoms with Gasteiger partial charge in [0.15, 0.2) is 0 Å². The van der Waals surface area contributed by atoms with Crippen LogP contribution in [0.5, 0.6) is 0 Å². The second kappa shape index (κ2) is 12.5. The number of allylic oxidation sites excluding steroid dienone is 2. The highest BCUT2D eigenvalue weighted by Gasteiger charge is 2.12. The second-order valence-corrected chi connectivity index (χ2v) is 7.38. The highest BCUT2D eigenvalue weighted by Crippen LogP contribution is 2.24. The molecule has 0 heteroatoms. The fraction of sp³-hybridized carbons (Fsp3) is 0.462. The summed E-state index contributed by atoms with van der Waals surface area (Å²) >= 11 is 0. The Morgan fingerprint density at radius 3 is 1.73 bits per heavy atom. The van der Waals surface area contributed by atoms with E-state index in [0.29, 0.717) is 0 Å². The highest BCUT2D eigenvalue weighted by atomic mass is 14.2. The van der Waals surface area contributed by atoms with Crippen molar-refractivity contribution in [1.82, 2.24) is 0 Å². The van der Waals surface area contributed by atoms with Crippen LogP contribution >= 0.6 is 0 Å². The number of hydrogen-bond donors (Lipinski definition) is 0. The molecule has 0 radical (unpaired) electrons. The van der Waals surface area contributed by atoms with Gasteiger partial charge in [-0.05, 0) is 74.6 Å². The molecule has 140 valence electrons. The molecule has 26 heavy (non-hydrogen) atoms. The van der Waals surface area contributed by atoms with Crippen molar-refractivity contribution in [2.24, 2.45) is 0 Å². The van der Waals surface area contributed by atoms with Gasteiger partial charge in [-0.3, -0.25) is 0 Å². The molecule has 0 bridgehead atoms. The lowest BCUT2D eigenvalue weighted by Crippen LogP contribution is -2.08. The average Bonchev–Trinajstić information content (AvgIpc) is 2.67. The summed E-state index contributed by atoms with van der Waals surface area (Å²) < 4.78 is 0. The van der Waals surface area contributed by atoms with Gasteiger partial charge in [0.05, 0.1) is 0 Å². The fourth-order valence-electron chi connectivity index (χ4n) is 3.41. The predicted octanol–water partition coefficient (Wildman–Crippen LogP) is 7.49. The van der Waals surface area contributed by atoms with Crippen LogP contribution in [0.25, 0.3) is 0 Å². The van der Waals surface area contributed by atoms with Crippen LogP contribution in [-0.2, 0) is 25.7 Å². The molecule has 0 fully saturated rings. The van der Waals surface area contributed by atoms with E-state index in [1.54, 1.807) is 16.7 Å². The van der Waals surface area contributed by atoms with Crippen LogP contribution in [0.15, 0.2) is 60.7 Å². The van der Waals surface area contributed by atoms with E-state index in [9.17, 15) is 0 Å². The first-order chi connectivity index (χ1) is 12.8.